The molecule has 0 bridgehead atoms. The number of sulfonamides is 1. The fourth-order valence-corrected chi connectivity index (χ4v) is 2.87. The number of rotatable bonds is 8. The molecule has 0 aromatic heterocycles. The number of anilines is 1. The number of methoxy groups -OCH3 is 1. The van der Waals surface area contributed by atoms with Crippen LogP contribution in [0.4, 0.5) is 5.69 Å². The van der Waals surface area contributed by atoms with Gasteiger partial charge in [0.25, 0.3) is 0 Å². The molecule has 0 amide bonds. The minimum atomic E-state index is -3.41. The third-order valence-corrected chi connectivity index (χ3v) is 4.65. The number of ether oxygens (including phenoxy) is 1. The number of hydrogen-bond acceptors (Lipinski definition) is 4. The van der Waals surface area contributed by atoms with E-state index in [4.69, 9.17) is 10.5 Å². The van der Waals surface area contributed by atoms with Crippen molar-refractivity contribution in [2.75, 3.05) is 24.7 Å². The smallest absolute Gasteiger partial charge is 0.213 e. The molecule has 2 aromatic rings. The second-order valence-electron chi connectivity index (χ2n) is 5.25. The van der Waals surface area contributed by atoms with E-state index in [1.54, 1.807) is 31.4 Å². The van der Waals surface area contributed by atoms with Crippen molar-refractivity contribution in [3.05, 3.63) is 60.2 Å². The third kappa shape index (κ3) is 8.02. The third-order valence-electron chi connectivity index (χ3n) is 3.34. The highest BCUT2D eigenvalue weighted by molar-refractivity contribution is 14.0. The predicted octanol–water partition coefficient (Wildman–Crippen LogP) is 2.16. The molecule has 0 fully saturated rings. The molecule has 0 aliphatic carbocycles. The lowest BCUT2D eigenvalue weighted by Crippen LogP contribution is -2.28. The summed E-state index contributed by atoms with van der Waals surface area (Å²) in [5.41, 5.74) is 7.40. The first-order chi connectivity index (χ1) is 12.0. The van der Waals surface area contributed by atoms with Gasteiger partial charge < -0.3 is 15.8 Å². The molecule has 2 aromatic carbocycles. The molecule has 2 rings (SSSR count). The van der Waals surface area contributed by atoms with Crippen molar-refractivity contribution in [2.24, 2.45) is 10.7 Å². The van der Waals surface area contributed by atoms with Crippen LogP contribution in [0.5, 0.6) is 5.75 Å². The molecule has 0 aliphatic heterocycles. The van der Waals surface area contributed by atoms with Crippen LogP contribution in [0.25, 0.3) is 0 Å². The monoisotopic (exact) mass is 490 g/mol. The number of hydrogen-bond donors (Lipinski definition) is 3. The minimum Gasteiger partial charge on any atom is -0.497 e. The first-order valence-corrected chi connectivity index (χ1v) is 9.36. The standard InChI is InChI=1S/C17H22N4O3S.HI/c1-24-16-9-7-15(8-10-16)21-17(18)19-11-12-25(22,23)20-13-14-5-3-2-4-6-14;/h2-10,20H,11-13H2,1H3,(H3,18,19,21);1H. The van der Waals surface area contributed by atoms with E-state index in [0.29, 0.717) is 0 Å². The number of halogens is 1. The van der Waals surface area contributed by atoms with E-state index >= 15 is 0 Å². The lowest BCUT2D eigenvalue weighted by Gasteiger charge is -2.08. The van der Waals surface area contributed by atoms with Crippen LogP contribution >= 0.6 is 24.0 Å². The van der Waals surface area contributed by atoms with Gasteiger partial charge in [0.15, 0.2) is 5.96 Å². The Morgan fingerprint density at radius 2 is 1.77 bits per heavy atom. The predicted molar refractivity (Wildman–Crippen MR) is 116 cm³/mol. The number of nitrogens with one attached hydrogen (secondary N) is 2. The lowest BCUT2D eigenvalue weighted by molar-refractivity contribution is 0.415. The molecule has 7 nitrogen and oxygen atoms in total. The molecule has 0 heterocycles. The minimum absolute atomic E-state index is 0. The zero-order chi connectivity index (χ0) is 18.1. The fourth-order valence-electron chi connectivity index (χ4n) is 2.01. The summed E-state index contributed by atoms with van der Waals surface area (Å²) < 4.78 is 31.5. The summed E-state index contributed by atoms with van der Waals surface area (Å²) in [5.74, 6) is 0.755. The Morgan fingerprint density at radius 1 is 1.12 bits per heavy atom. The largest absolute Gasteiger partial charge is 0.497 e. The van der Waals surface area contributed by atoms with Gasteiger partial charge >= 0.3 is 0 Å². The average Bonchev–Trinajstić information content (AvgIpc) is 2.61. The second kappa shape index (κ2) is 11.0. The van der Waals surface area contributed by atoms with Gasteiger partial charge in [0.2, 0.25) is 10.0 Å². The fraction of sp³-hybridized carbons (Fsp3) is 0.235. The van der Waals surface area contributed by atoms with E-state index in [1.807, 2.05) is 30.3 Å². The van der Waals surface area contributed by atoms with Gasteiger partial charge in [0.05, 0.1) is 19.4 Å². The summed E-state index contributed by atoms with van der Waals surface area (Å²) in [4.78, 5) is 4.04. The summed E-state index contributed by atoms with van der Waals surface area (Å²) in [6.07, 6.45) is 0. The van der Waals surface area contributed by atoms with Crippen molar-refractivity contribution in [3.8, 4) is 5.75 Å². The number of benzene rings is 2. The quantitative estimate of drug-likeness (QED) is 0.299. The Kier molecular flexibility index (Phi) is 9.38. The highest BCUT2D eigenvalue weighted by atomic mass is 127. The van der Waals surface area contributed by atoms with Crippen LogP contribution in [0.2, 0.25) is 0 Å². The van der Waals surface area contributed by atoms with Crippen LogP contribution in [0, 0.1) is 0 Å². The van der Waals surface area contributed by atoms with Crippen molar-refractivity contribution in [1.82, 2.24) is 4.72 Å². The molecule has 0 saturated carbocycles. The maximum Gasteiger partial charge on any atom is 0.213 e. The molecular weight excluding hydrogens is 467 g/mol. The van der Waals surface area contributed by atoms with Gasteiger partial charge in [-0.15, -0.1) is 24.0 Å². The maximum absolute atomic E-state index is 12.0. The van der Waals surface area contributed by atoms with E-state index in [-0.39, 0.29) is 48.8 Å². The molecule has 0 radical (unpaired) electrons. The van der Waals surface area contributed by atoms with Gasteiger partial charge in [-0.25, -0.2) is 13.1 Å². The molecule has 0 atom stereocenters. The first-order valence-electron chi connectivity index (χ1n) is 7.71. The van der Waals surface area contributed by atoms with E-state index in [2.05, 4.69) is 15.0 Å². The van der Waals surface area contributed by atoms with Crippen LogP contribution in [-0.4, -0.2) is 33.8 Å². The summed E-state index contributed by atoms with van der Waals surface area (Å²) in [7, 11) is -1.83. The zero-order valence-electron chi connectivity index (χ0n) is 14.4. The Hall–Kier alpha value is -1.85. The molecule has 26 heavy (non-hydrogen) atoms. The van der Waals surface area contributed by atoms with Gasteiger partial charge in [-0.05, 0) is 29.8 Å². The summed E-state index contributed by atoms with van der Waals surface area (Å²) in [5, 5.41) is 2.89. The van der Waals surface area contributed by atoms with Crippen LogP contribution in [0.3, 0.4) is 0 Å². The zero-order valence-corrected chi connectivity index (χ0v) is 17.5. The topological polar surface area (TPSA) is 106 Å². The molecule has 0 spiro atoms. The van der Waals surface area contributed by atoms with Gasteiger partial charge in [0.1, 0.15) is 5.75 Å². The second-order valence-corrected chi connectivity index (χ2v) is 7.17. The normalized spacial score (nSPS) is 11.5. The van der Waals surface area contributed by atoms with Crippen molar-refractivity contribution in [1.29, 1.82) is 0 Å². The number of nitrogens with two attached hydrogens (primary N) is 1. The van der Waals surface area contributed by atoms with Crippen molar-refractivity contribution in [2.45, 2.75) is 6.54 Å². The van der Waals surface area contributed by atoms with Crippen molar-refractivity contribution >= 4 is 45.6 Å². The average molecular weight is 490 g/mol. The van der Waals surface area contributed by atoms with Crippen LogP contribution in [0.15, 0.2) is 59.6 Å². The van der Waals surface area contributed by atoms with Crippen molar-refractivity contribution < 1.29 is 13.2 Å². The van der Waals surface area contributed by atoms with E-state index in [9.17, 15) is 8.42 Å². The van der Waals surface area contributed by atoms with E-state index in [1.165, 1.54) is 0 Å². The lowest BCUT2D eigenvalue weighted by atomic mass is 10.2. The van der Waals surface area contributed by atoms with Gasteiger partial charge in [-0.1, -0.05) is 30.3 Å². The van der Waals surface area contributed by atoms with Gasteiger partial charge in [0, 0.05) is 12.2 Å². The van der Waals surface area contributed by atoms with Crippen LogP contribution < -0.4 is 20.5 Å². The summed E-state index contributed by atoms with van der Waals surface area (Å²) >= 11 is 0. The number of guanidine groups is 1. The molecule has 142 valence electrons. The highest BCUT2D eigenvalue weighted by Gasteiger charge is 2.09. The maximum atomic E-state index is 12.0. The van der Waals surface area contributed by atoms with Crippen molar-refractivity contribution in [3.63, 3.8) is 0 Å². The molecule has 0 saturated heterocycles. The molecular formula is C17H23IN4O3S. The van der Waals surface area contributed by atoms with Gasteiger partial charge in [-0.2, -0.15) is 0 Å². The Morgan fingerprint density at radius 3 is 2.38 bits per heavy atom. The SMILES string of the molecule is COc1ccc(NC(N)=NCCS(=O)(=O)NCc2ccccc2)cc1.I. The van der Waals surface area contributed by atoms with Crippen LogP contribution in [0.1, 0.15) is 5.56 Å². The number of nitrogens with zero attached hydrogens (tertiary/aromatic N) is 1. The summed E-state index contributed by atoms with van der Waals surface area (Å²) in [6, 6.07) is 16.5. The molecule has 0 aliphatic rings. The first kappa shape index (κ1) is 22.2. The molecule has 0 unspecified atom stereocenters. The highest BCUT2D eigenvalue weighted by Crippen LogP contribution is 2.14. The van der Waals surface area contributed by atoms with Crippen LogP contribution in [-0.2, 0) is 16.6 Å². The molecule has 9 heteroatoms. The molecule has 4 N–H and O–H groups in total. The number of aliphatic imine (C=N–C) groups is 1. The van der Waals surface area contributed by atoms with Gasteiger partial charge in [-0.3, -0.25) is 4.99 Å². The van der Waals surface area contributed by atoms with E-state index in [0.717, 1.165) is 17.0 Å². The Labute approximate surface area is 171 Å². The van der Waals surface area contributed by atoms with E-state index < -0.39 is 10.0 Å². The summed E-state index contributed by atoms with van der Waals surface area (Å²) in [6.45, 7) is 0.325. The Balaban J connectivity index is 0.00000338. The Bertz CT molecular complexity index is 797.